The zero-order valence-corrected chi connectivity index (χ0v) is 9.74. The summed E-state index contributed by atoms with van der Waals surface area (Å²) < 4.78 is 0. The first-order chi connectivity index (χ1) is 1.91. The van der Waals surface area contributed by atoms with Crippen molar-refractivity contribution in [1.82, 2.24) is 5.43 Å². The van der Waals surface area contributed by atoms with Crippen LogP contribution in [0.1, 0.15) is 0 Å². The Labute approximate surface area is 82.9 Å². The van der Waals surface area contributed by atoms with Gasteiger partial charge < -0.3 is 17.6 Å². The third-order valence-electron chi connectivity index (χ3n) is 0.0589. The first-order valence-corrected chi connectivity index (χ1v) is 0.743. The van der Waals surface area contributed by atoms with Gasteiger partial charge in [-0.05, 0) is 0 Å². The molecule has 3 N–H and O–H groups in total. The van der Waals surface area contributed by atoms with Gasteiger partial charge in [-0.3, -0.25) is 5.84 Å². The standard InChI is InChI=1S/CH3N2O.CH3.W.Y/c2-3-1-4;;;/h2H2,(H,3,4);1H3;;/q2*-1;+2;. The Bertz CT molecular complexity index is 29.7. The van der Waals surface area contributed by atoms with Crippen molar-refractivity contribution >= 4 is 6.41 Å². The molecule has 7 heavy (non-hydrogen) atoms. The predicted molar refractivity (Wildman–Crippen MR) is 19.4 cm³/mol. The minimum absolute atomic E-state index is 0. The van der Waals surface area contributed by atoms with Gasteiger partial charge in [-0.2, -0.15) is 6.41 Å². The van der Waals surface area contributed by atoms with Crippen LogP contribution in [0.25, 0.3) is 0 Å². The molecule has 0 atom stereocenters. The van der Waals surface area contributed by atoms with Crippen molar-refractivity contribution in [2.45, 2.75) is 0 Å². The van der Waals surface area contributed by atoms with Gasteiger partial charge in [0.25, 0.3) is 0 Å². The summed E-state index contributed by atoms with van der Waals surface area (Å²) in [5.41, 5.74) is 1.62. The van der Waals surface area contributed by atoms with Gasteiger partial charge in [0.1, 0.15) is 0 Å². The largest absolute Gasteiger partial charge is 2.00 e. The topological polar surface area (TPSA) is 55.1 Å². The third kappa shape index (κ3) is 39.9. The number of hydrogen-bond acceptors (Lipinski definition) is 2. The van der Waals surface area contributed by atoms with E-state index in [4.69, 9.17) is 4.79 Å². The molecule has 0 saturated heterocycles. The molecule has 1 radical (unpaired) electrons. The van der Waals surface area contributed by atoms with Crippen LogP contribution in [0.15, 0.2) is 0 Å². The molecule has 0 spiro atoms. The fourth-order valence-electron chi connectivity index (χ4n) is 0. The molecule has 0 aromatic heterocycles. The normalized spacial score (nSPS) is 3.00. The first kappa shape index (κ1) is 24.1. The molecule has 0 aliphatic rings. The zero-order valence-electron chi connectivity index (χ0n) is 3.97. The molecule has 0 unspecified atom stereocenters. The van der Waals surface area contributed by atoms with Gasteiger partial charge in [0.05, 0.1) is 0 Å². The average molecular weight is 347 g/mol. The Kier molecular flexibility index (Phi) is 92.6. The van der Waals surface area contributed by atoms with Crippen molar-refractivity contribution in [1.29, 1.82) is 0 Å². The number of nitrogens with one attached hydrogen (secondary N) is 1. The molecule has 0 rings (SSSR count). The van der Waals surface area contributed by atoms with Crippen molar-refractivity contribution in [2.24, 2.45) is 5.84 Å². The molecule has 0 fully saturated rings. The number of nitrogens with two attached hydrogens (primary N) is 1. The molecule has 0 saturated carbocycles. The Morgan fingerprint density at radius 2 is 1.71 bits per heavy atom. The van der Waals surface area contributed by atoms with Crippen molar-refractivity contribution in [3.63, 3.8) is 0 Å². The number of rotatable bonds is 1. The third-order valence-corrected chi connectivity index (χ3v) is 0.0589. The molecule has 39 valence electrons. The van der Waals surface area contributed by atoms with Gasteiger partial charge in [0, 0.05) is 32.7 Å². The molecular formula is C2H6N2OWY. The van der Waals surface area contributed by atoms with Crippen molar-refractivity contribution < 1.29 is 58.6 Å². The molecular weight excluding hydrogens is 341 g/mol. The predicted octanol–water partition coefficient (Wildman–Crippen LogP) is -1.04. The summed E-state index contributed by atoms with van der Waals surface area (Å²) in [6, 6.07) is 0. The van der Waals surface area contributed by atoms with E-state index in [9.17, 15) is 0 Å². The minimum atomic E-state index is 0. The van der Waals surface area contributed by atoms with E-state index < -0.39 is 0 Å². The molecule has 5 heteroatoms. The second-order valence-electron chi connectivity index (χ2n) is 0.246. The summed E-state index contributed by atoms with van der Waals surface area (Å²) in [7, 11) is 0. The molecule has 0 bridgehead atoms. The molecule has 0 aromatic carbocycles. The van der Waals surface area contributed by atoms with E-state index in [1.807, 2.05) is 0 Å². The maximum atomic E-state index is 8.81. The second-order valence-corrected chi connectivity index (χ2v) is 0.246. The molecule has 0 aliphatic carbocycles. The van der Waals surface area contributed by atoms with E-state index in [0.717, 1.165) is 0 Å². The van der Waals surface area contributed by atoms with Gasteiger partial charge in [0.2, 0.25) is 0 Å². The summed E-state index contributed by atoms with van der Waals surface area (Å²) >= 11 is 0. The maximum absolute atomic E-state index is 8.81. The van der Waals surface area contributed by atoms with Crippen LogP contribution in [-0.2, 0) is 58.6 Å². The molecule has 3 nitrogen and oxygen atoms in total. The zero-order chi connectivity index (χ0) is 3.41. The van der Waals surface area contributed by atoms with Gasteiger partial charge >= 0.3 is 21.1 Å². The summed E-state index contributed by atoms with van der Waals surface area (Å²) in [6.45, 7) is 0. The summed E-state index contributed by atoms with van der Waals surface area (Å²) in [5.74, 6) is 4.35. The van der Waals surface area contributed by atoms with E-state index in [1.165, 1.54) is 6.41 Å². The average Bonchev–Trinajstić information content (AvgIpc) is 1.37. The Balaban J connectivity index is -0.0000000150. The molecule has 0 aromatic rings. The monoisotopic (exact) mass is 347 g/mol. The Morgan fingerprint density at radius 1 is 1.57 bits per heavy atom. The fraction of sp³-hybridized carbons (Fsp3) is 0. The molecule has 0 aliphatic heterocycles. The Morgan fingerprint density at radius 3 is 1.71 bits per heavy atom. The van der Waals surface area contributed by atoms with Crippen molar-refractivity contribution in [2.75, 3.05) is 0 Å². The van der Waals surface area contributed by atoms with Crippen LogP contribution in [0.3, 0.4) is 0 Å². The number of hydrogen-bond donors (Lipinski definition) is 2. The minimum Gasteiger partial charge on any atom is -0.519 e. The van der Waals surface area contributed by atoms with Crippen LogP contribution in [0.5, 0.6) is 0 Å². The number of hydrazine groups is 1. The van der Waals surface area contributed by atoms with E-state index in [0.29, 0.717) is 0 Å². The summed E-state index contributed by atoms with van der Waals surface area (Å²) in [5, 5.41) is 0. The van der Waals surface area contributed by atoms with E-state index in [1.54, 1.807) is 5.43 Å². The van der Waals surface area contributed by atoms with Gasteiger partial charge in [0.15, 0.2) is 0 Å². The first-order valence-electron chi connectivity index (χ1n) is 0.743. The van der Waals surface area contributed by atoms with Crippen molar-refractivity contribution in [3.05, 3.63) is 7.43 Å². The SMILES string of the molecule is NN[C-]=O.[CH3-].[W+2].[Y]. The smallest absolute Gasteiger partial charge is 0.519 e. The van der Waals surface area contributed by atoms with Gasteiger partial charge in [-0.1, -0.05) is 0 Å². The maximum Gasteiger partial charge on any atom is 2.00 e. The second kappa shape index (κ2) is 26.9. The summed E-state index contributed by atoms with van der Waals surface area (Å²) in [4.78, 5) is 8.81. The number of amides is 1. The Hall–Kier alpha value is 1.22. The van der Waals surface area contributed by atoms with E-state index in [2.05, 4.69) is 5.84 Å². The van der Waals surface area contributed by atoms with Crippen LogP contribution < -0.4 is 11.3 Å². The van der Waals surface area contributed by atoms with Crippen LogP contribution >= 0.6 is 0 Å². The summed E-state index contributed by atoms with van der Waals surface area (Å²) in [6.07, 6.45) is 1.21. The van der Waals surface area contributed by atoms with Gasteiger partial charge in [-0.15, -0.1) is 0 Å². The van der Waals surface area contributed by atoms with Crippen LogP contribution in [0.4, 0.5) is 0 Å². The number of carbonyl (C=O) groups excluding carboxylic acids is 1. The fourth-order valence-corrected chi connectivity index (χ4v) is 0. The van der Waals surface area contributed by atoms with Crippen LogP contribution in [0, 0.1) is 7.43 Å². The quantitative estimate of drug-likeness (QED) is 0.210. The van der Waals surface area contributed by atoms with E-state index >= 15 is 0 Å². The van der Waals surface area contributed by atoms with Crippen molar-refractivity contribution in [3.8, 4) is 0 Å². The van der Waals surface area contributed by atoms with Crippen LogP contribution in [-0.4, -0.2) is 6.41 Å². The molecule has 0 heterocycles. The van der Waals surface area contributed by atoms with E-state index in [-0.39, 0.29) is 61.2 Å². The molecule has 1 amide bonds. The van der Waals surface area contributed by atoms with Gasteiger partial charge in [-0.25, -0.2) is 0 Å². The van der Waals surface area contributed by atoms with Crippen LogP contribution in [0.2, 0.25) is 0 Å².